The Morgan fingerprint density at radius 1 is 1.44 bits per heavy atom. The predicted molar refractivity (Wildman–Crippen MR) is 60.6 cm³/mol. The smallest absolute Gasteiger partial charge is 0.225 e. The molecular weight excluding hydrogens is 228 g/mol. The van der Waals surface area contributed by atoms with E-state index in [0.29, 0.717) is 12.8 Å². The summed E-state index contributed by atoms with van der Waals surface area (Å²) >= 11 is 0. The molecule has 92 valence electrons. The number of sulfone groups is 1. The first-order chi connectivity index (χ1) is 7.24. The average molecular weight is 246 g/mol. The van der Waals surface area contributed by atoms with Gasteiger partial charge in [-0.2, -0.15) is 0 Å². The van der Waals surface area contributed by atoms with Crippen LogP contribution in [0.25, 0.3) is 0 Å². The molecule has 1 amide bonds. The highest BCUT2D eigenvalue weighted by molar-refractivity contribution is 7.91. The lowest BCUT2D eigenvalue weighted by atomic mass is 9.95. The molecule has 2 rings (SSSR count). The number of nitrogens with two attached hydrogens (primary N) is 1. The number of likely N-dealkylation sites (tertiary alicyclic amines) is 1. The van der Waals surface area contributed by atoms with Crippen molar-refractivity contribution in [3.63, 3.8) is 0 Å². The zero-order valence-electron chi connectivity index (χ0n) is 9.64. The third-order valence-corrected chi connectivity index (χ3v) is 5.52. The molecule has 2 atom stereocenters. The summed E-state index contributed by atoms with van der Waals surface area (Å²) in [7, 11) is -2.96. The Bertz CT molecular complexity index is 416. The van der Waals surface area contributed by atoms with Crippen LogP contribution in [-0.2, 0) is 14.6 Å². The molecule has 2 fully saturated rings. The van der Waals surface area contributed by atoms with Gasteiger partial charge in [0, 0.05) is 18.5 Å². The summed E-state index contributed by atoms with van der Waals surface area (Å²) in [6.07, 6.45) is 0.869. The van der Waals surface area contributed by atoms with E-state index in [1.807, 2.05) is 13.8 Å². The van der Waals surface area contributed by atoms with Gasteiger partial charge in [-0.05, 0) is 20.3 Å². The van der Waals surface area contributed by atoms with Gasteiger partial charge >= 0.3 is 0 Å². The van der Waals surface area contributed by atoms with Gasteiger partial charge < -0.3 is 10.6 Å². The second-order valence-corrected chi connectivity index (χ2v) is 7.51. The van der Waals surface area contributed by atoms with Crippen LogP contribution in [0.15, 0.2) is 0 Å². The lowest BCUT2D eigenvalue weighted by molar-refractivity contribution is -0.132. The average Bonchev–Trinajstić information content (AvgIpc) is 2.53. The van der Waals surface area contributed by atoms with Crippen LogP contribution in [0.1, 0.15) is 26.7 Å². The minimum atomic E-state index is -2.96. The van der Waals surface area contributed by atoms with Crippen molar-refractivity contribution in [1.29, 1.82) is 0 Å². The van der Waals surface area contributed by atoms with Gasteiger partial charge in [-0.25, -0.2) is 8.42 Å². The number of hydrogen-bond donors (Lipinski definition) is 1. The number of carbonyl (C=O) groups is 1. The van der Waals surface area contributed by atoms with E-state index in [-0.39, 0.29) is 29.5 Å². The Labute approximate surface area is 95.9 Å². The van der Waals surface area contributed by atoms with Crippen LogP contribution < -0.4 is 5.73 Å². The molecule has 2 saturated heterocycles. The number of carbonyl (C=O) groups excluding carboxylic acids is 1. The second-order valence-electron chi connectivity index (χ2n) is 5.28. The highest BCUT2D eigenvalue weighted by Gasteiger charge is 2.49. The summed E-state index contributed by atoms with van der Waals surface area (Å²) < 4.78 is 22.9. The second kappa shape index (κ2) is 3.43. The quantitative estimate of drug-likeness (QED) is 0.677. The fourth-order valence-corrected chi connectivity index (χ4v) is 4.39. The van der Waals surface area contributed by atoms with E-state index in [4.69, 9.17) is 5.73 Å². The summed E-state index contributed by atoms with van der Waals surface area (Å²) in [6.45, 7) is 3.82. The molecule has 0 spiro atoms. The third kappa shape index (κ3) is 1.73. The van der Waals surface area contributed by atoms with Crippen LogP contribution >= 0.6 is 0 Å². The molecular formula is C10H18N2O3S. The molecule has 6 heteroatoms. The first-order valence-electron chi connectivity index (χ1n) is 5.52. The molecule has 0 aromatic rings. The lowest BCUT2D eigenvalue weighted by Crippen LogP contribution is -2.54. The van der Waals surface area contributed by atoms with Crippen LogP contribution in [0.5, 0.6) is 0 Å². The first-order valence-corrected chi connectivity index (χ1v) is 7.34. The standard InChI is InChI=1S/C10H18N2O3S/c1-10(2)8(11)5-9(13)12(10)7-3-4-16(14,15)6-7/h7-8H,3-6,11H2,1-2H3. The van der Waals surface area contributed by atoms with E-state index in [1.54, 1.807) is 4.90 Å². The maximum absolute atomic E-state index is 11.8. The highest BCUT2D eigenvalue weighted by Crippen LogP contribution is 2.34. The van der Waals surface area contributed by atoms with E-state index in [1.165, 1.54) is 0 Å². The Balaban J connectivity index is 2.25. The molecule has 2 N–H and O–H groups in total. The number of amides is 1. The van der Waals surface area contributed by atoms with Gasteiger partial charge in [0.25, 0.3) is 0 Å². The molecule has 0 aliphatic carbocycles. The van der Waals surface area contributed by atoms with Crippen LogP contribution in [0.2, 0.25) is 0 Å². The predicted octanol–water partition coefficient (Wildman–Crippen LogP) is -0.488. The van der Waals surface area contributed by atoms with Crippen molar-refractivity contribution < 1.29 is 13.2 Å². The van der Waals surface area contributed by atoms with Crippen molar-refractivity contribution in [3.05, 3.63) is 0 Å². The van der Waals surface area contributed by atoms with Gasteiger partial charge in [0.15, 0.2) is 9.84 Å². The summed E-state index contributed by atoms with van der Waals surface area (Å²) in [4.78, 5) is 13.5. The largest absolute Gasteiger partial charge is 0.332 e. The maximum Gasteiger partial charge on any atom is 0.225 e. The summed E-state index contributed by atoms with van der Waals surface area (Å²) in [5.41, 5.74) is 5.49. The van der Waals surface area contributed by atoms with Gasteiger partial charge in [0.05, 0.1) is 17.0 Å². The lowest BCUT2D eigenvalue weighted by Gasteiger charge is -2.38. The van der Waals surface area contributed by atoms with Gasteiger partial charge in [-0.3, -0.25) is 4.79 Å². The topological polar surface area (TPSA) is 80.5 Å². The molecule has 0 bridgehead atoms. The van der Waals surface area contributed by atoms with Crippen LogP contribution in [0.3, 0.4) is 0 Å². The molecule has 0 aromatic heterocycles. The molecule has 0 aromatic carbocycles. The van der Waals surface area contributed by atoms with E-state index >= 15 is 0 Å². The fourth-order valence-electron chi connectivity index (χ4n) is 2.69. The molecule has 16 heavy (non-hydrogen) atoms. The van der Waals surface area contributed by atoms with E-state index in [2.05, 4.69) is 0 Å². The number of hydrogen-bond acceptors (Lipinski definition) is 4. The molecule has 0 radical (unpaired) electrons. The first kappa shape index (κ1) is 11.9. The van der Waals surface area contributed by atoms with Crippen molar-refractivity contribution in [2.75, 3.05) is 11.5 Å². The van der Waals surface area contributed by atoms with Gasteiger partial charge in [0.1, 0.15) is 0 Å². The molecule has 2 aliphatic heterocycles. The fraction of sp³-hybridized carbons (Fsp3) is 0.900. The third-order valence-electron chi connectivity index (χ3n) is 3.77. The van der Waals surface area contributed by atoms with E-state index in [9.17, 15) is 13.2 Å². The molecule has 2 aliphatic rings. The Hall–Kier alpha value is -0.620. The zero-order chi connectivity index (χ0) is 12.1. The maximum atomic E-state index is 11.8. The van der Waals surface area contributed by atoms with Gasteiger partial charge in [-0.1, -0.05) is 0 Å². The number of rotatable bonds is 1. The highest BCUT2D eigenvalue weighted by atomic mass is 32.2. The van der Waals surface area contributed by atoms with E-state index in [0.717, 1.165) is 0 Å². The normalized spacial score (nSPS) is 36.9. The Morgan fingerprint density at radius 2 is 2.06 bits per heavy atom. The summed E-state index contributed by atoms with van der Waals surface area (Å²) in [5.74, 6) is 0.265. The monoisotopic (exact) mass is 246 g/mol. The van der Waals surface area contributed by atoms with Crippen LogP contribution in [-0.4, -0.2) is 48.4 Å². The molecule has 0 saturated carbocycles. The van der Waals surface area contributed by atoms with Crippen LogP contribution in [0, 0.1) is 0 Å². The molecule has 5 nitrogen and oxygen atoms in total. The zero-order valence-corrected chi connectivity index (χ0v) is 10.5. The van der Waals surface area contributed by atoms with E-state index < -0.39 is 15.4 Å². The van der Waals surface area contributed by atoms with Crippen molar-refractivity contribution in [1.82, 2.24) is 4.90 Å². The SMILES string of the molecule is CC1(C)C(N)CC(=O)N1C1CCS(=O)(=O)C1. The minimum absolute atomic E-state index is 0.0143. The summed E-state index contributed by atoms with van der Waals surface area (Å²) in [5, 5.41) is 0. The van der Waals surface area contributed by atoms with Crippen molar-refractivity contribution in [3.8, 4) is 0 Å². The molecule has 2 heterocycles. The van der Waals surface area contributed by atoms with Crippen LogP contribution in [0.4, 0.5) is 0 Å². The molecule has 2 unspecified atom stereocenters. The van der Waals surface area contributed by atoms with Crippen molar-refractivity contribution >= 4 is 15.7 Å². The summed E-state index contributed by atoms with van der Waals surface area (Å²) in [6, 6.07) is -0.385. The van der Waals surface area contributed by atoms with Crippen molar-refractivity contribution in [2.24, 2.45) is 5.73 Å². The Kier molecular flexibility index (Phi) is 2.54. The van der Waals surface area contributed by atoms with Crippen molar-refractivity contribution in [2.45, 2.75) is 44.3 Å². The van der Waals surface area contributed by atoms with Gasteiger partial charge in [-0.15, -0.1) is 0 Å². The number of nitrogens with zero attached hydrogens (tertiary/aromatic N) is 1. The van der Waals surface area contributed by atoms with Gasteiger partial charge in [0.2, 0.25) is 5.91 Å². The Morgan fingerprint density at radius 3 is 2.44 bits per heavy atom. The minimum Gasteiger partial charge on any atom is -0.332 e.